The molecule has 2 aromatic rings. The second-order valence-electron chi connectivity index (χ2n) is 3.00. The molecule has 14 heavy (non-hydrogen) atoms. The maximum atomic E-state index is 3.29. The van der Waals surface area contributed by atoms with Crippen molar-refractivity contribution >= 4 is 16.6 Å². The summed E-state index contributed by atoms with van der Waals surface area (Å²) in [5.41, 5.74) is 3.54. The first-order valence-corrected chi connectivity index (χ1v) is 5.07. The molecule has 0 bridgehead atoms. The van der Waals surface area contributed by atoms with Gasteiger partial charge >= 0.3 is 0 Å². The van der Waals surface area contributed by atoms with Gasteiger partial charge in [0.05, 0.1) is 0 Å². The van der Waals surface area contributed by atoms with Crippen molar-refractivity contribution in [2.75, 3.05) is 12.4 Å². The van der Waals surface area contributed by atoms with Gasteiger partial charge in [-0.05, 0) is 30.5 Å². The minimum absolute atomic E-state index is 1.14. The molecule has 2 N–H and O–H groups in total. The zero-order chi connectivity index (χ0) is 10.6. The first-order valence-electron chi connectivity index (χ1n) is 5.07. The van der Waals surface area contributed by atoms with Gasteiger partial charge in [0.15, 0.2) is 0 Å². The van der Waals surface area contributed by atoms with Crippen LogP contribution >= 0.6 is 0 Å². The fourth-order valence-corrected chi connectivity index (χ4v) is 1.43. The molecular weight excluding hydrogens is 172 g/mol. The van der Waals surface area contributed by atoms with Gasteiger partial charge in [0.2, 0.25) is 0 Å². The molecule has 0 saturated carbocycles. The van der Waals surface area contributed by atoms with Crippen molar-refractivity contribution in [2.24, 2.45) is 0 Å². The molecule has 0 saturated heterocycles. The van der Waals surface area contributed by atoms with Crippen LogP contribution in [0.1, 0.15) is 19.5 Å². The summed E-state index contributed by atoms with van der Waals surface area (Å²) < 4.78 is 0. The highest BCUT2D eigenvalue weighted by atomic mass is 14.8. The van der Waals surface area contributed by atoms with Gasteiger partial charge in [0.1, 0.15) is 0 Å². The predicted molar refractivity (Wildman–Crippen MR) is 63.9 cm³/mol. The van der Waals surface area contributed by atoms with Crippen LogP contribution in [0, 0.1) is 6.92 Å². The van der Waals surface area contributed by atoms with Crippen molar-refractivity contribution in [2.45, 2.75) is 20.8 Å². The van der Waals surface area contributed by atoms with Gasteiger partial charge in [0, 0.05) is 23.9 Å². The molecule has 0 unspecified atom stereocenters. The Kier molecular flexibility index (Phi) is 3.57. The number of hydrogen-bond acceptors (Lipinski definition) is 1. The maximum absolute atomic E-state index is 3.29. The first kappa shape index (κ1) is 10.6. The fourth-order valence-electron chi connectivity index (χ4n) is 1.43. The summed E-state index contributed by atoms with van der Waals surface area (Å²) in [4.78, 5) is 3.29. The normalized spacial score (nSPS) is 9.43. The Morgan fingerprint density at radius 2 is 1.86 bits per heavy atom. The molecule has 2 nitrogen and oxygen atoms in total. The summed E-state index contributed by atoms with van der Waals surface area (Å²) in [5, 5.41) is 4.38. The lowest BCUT2D eigenvalue weighted by atomic mass is 10.2. The third-order valence-corrected chi connectivity index (χ3v) is 2.05. The molecule has 0 radical (unpaired) electrons. The minimum Gasteiger partial charge on any atom is -0.388 e. The molecule has 76 valence electrons. The van der Waals surface area contributed by atoms with Gasteiger partial charge in [-0.25, -0.2) is 0 Å². The number of anilines is 1. The molecule has 0 atom stereocenters. The van der Waals surface area contributed by atoms with E-state index < -0.39 is 0 Å². The predicted octanol–water partition coefficient (Wildman–Crippen LogP) is 3.54. The minimum atomic E-state index is 1.14. The maximum Gasteiger partial charge on any atom is 0.0476 e. The van der Waals surface area contributed by atoms with Gasteiger partial charge < -0.3 is 10.3 Å². The Morgan fingerprint density at radius 3 is 2.50 bits per heavy atom. The van der Waals surface area contributed by atoms with E-state index in [0.29, 0.717) is 0 Å². The quantitative estimate of drug-likeness (QED) is 0.707. The number of aromatic nitrogens is 1. The average molecular weight is 190 g/mol. The third kappa shape index (κ3) is 2.08. The Bertz CT molecular complexity index is 402. The van der Waals surface area contributed by atoms with E-state index >= 15 is 0 Å². The van der Waals surface area contributed by atoms with Crippen LogP contribution in [-0.4, -0.2) is 12.0 Å². The fraction of sp³-hybridized carbons (Fsp3) is 0.333. The summed E-state index contributed by atoms with van der Waals surface area (Å²) >= 11 is 0. The number of aromatic amines is 1. The molecule has 0 spiro atoms. The second-order valence-corrected chi connectivity index (χ2v) is 3.00. The molecule has 1 heterocycles. The monoisotopic (exact) mass is 190 g/mol. The van der Waals surface area contributed by atoms with Gasteiger partial charge in [-0.1, -0.05) is 19.9 Å². The number of nitrogens with one attached hydrogen (secondary N) is 2. The van der Waals surface area contributed by atoms with Crippen molar-refractivity contribution in [3.63, 3.8) is 0 Å². The van der Waals surface area contributed by atoms with E-state index in [0.717, 1.165) is 5.69 Å². The standard InChI is InChI=1S/C10H12N2.C2H6/c1-7-5-8-3-4-9(11-2)6-10(8)12-7;1-2/h3-6,11-12H,1-2H3;1-2H3. The van der Waals surface area contributed by atoms with Crippen molar-refractivity contribution in [1.29, 1.82) is 0 Å². The van der Waals surface area contributed by atoms with Crippen LogP contribution in [0.5, 0.6) is 0 Å². The van der Waals surface area contributed by atoms with E-state index in [1.54, 1.807) is 0 Å². The Morgan fingerprint density at radius 1 is 1.14 bits per heavy atom. The zero-order valence-corrected chi connectivity index (χ0v) is 9.31. The van der Waals surface area contributed by atoms with E-state index in [9.17, 15) is 0 Å². The molecule has 2 rings (SSSR count). The molecule has 2 heteroatoms. The molecule has 0 amide bonds. The van der Waals surface area contributed by atoms with Crippen LogP contribution in [0.3, 0.4) is 0 Å². The largest absolute Gasteiger partial charge is 0.388 e. The first-order chi connectivity index (χ1) is 6.79. The molecule has 0 aliphatic carbocycles. The highest BCUT2D eigenvalue weighted by Gasteiger charge is 1.96. The lowest BCUT2D eigenvalue weighted by Gasteiger charge is -1.97. The topological polar surface area (TPSA) is 27.8 Å². The molecule has 0 aliphatic heterocycles. The zero-order valence-electron chi connectivity index (χ0n) is 9.31. The van der Waals surface area contributed by atoms with Crippen molar-refractivity contribution in [3.05, 3.63) is 30.0 Å². The van der Waals surface area contributed by atoms with Crippen LogP contribution in [0.2, 0.25) is 0 Å². The van der Waals surface area contributed by atoms with Crippen LogP contribution < -0.4 is 5.32 Å². The number of rotatable bonds is 1. The van der Waals surface area contributed by atoms with Crippen LogP contribution in [-0.2, 0) is 0 Å². The number of benzene rings is 1. The Hall–Kier alpha value is -1.44. The van der Waals surface area contributed by atoms with Crippen molar-refractivity contribution in [1.82, 2.24) is 4.98 Å². The average Bonchev–Trinajstić information content (AvgIpc) is 2.59. The lowest BCUT2D eigenvalue weighted by molar-refractivity contribution is 1.30. The second kappa shape index (κ2) is 4.70. The van der Waals surface area contributed by atoms with Gasteiger partial charge in [-0.3, -0.25) is 0 Å². The van der Waals surface area contributed by atoms with Crippen LogP contribution in [0.15, 0.2) is 24.3 Å². The van der Waals surface area contributed by atoms with E-state index in [2.05, 4.69) is 41.5 Å². The summed E-state index contributed by atoms with van der Waals surface area (Å²) in [7, 11) is 1.93. The summed E-state index contributed by atoms with van der Waals surface area (Å²) in [6, 6.07) is 8.46. The molecule has 0 fully saturated rings. The summed E-state index contributed by atoms with van der Waals surface area (Å²) in [6.07, 6.45) is 0. The molecule has 1 aromatic carbocycles. The number of H-pyrrole nitrogens is 1. The van der Waals surface area contributed by atoms with Gasteiger partial charge in [-0.2, -0.15) is 0 Å². The number of hydrogen-bond donors (Lipinski definition) is 2. The van der Waals surface area contributed by atoms with Gasteiger partial charge in [0.25, 0.3) is 0 Å². The third-order valence-electron chi connectivity index (χ3n) is 2.05. The number of aryl methyl sites for hydroxylation is 1. The Labute approximate surface area is 85.3 Å². The van der Waals surface area contributed by atoms with E-state index in [1.165, 1.54) is 16.6 Å². The van der Waals surface area contributed by atoms with E-state index in [-0.39, 0.29) is 0 Å². The van der Waals surface area contributed by atoms with Crippen molar-refractivity contribution in [3.8, 4) is 0 Å². The van der Waals surface area contributed by atoms with Crippen LogP contribution in [0.4, 0.5) is 5.69 Å². The number of fused-ring (bicyclic) bond motifs is 1. The molecule has 0 aliphatic rings. The highest BCUT2D eigenvalue weighted by molar-refractivity contribution is 5.83. The SMILES string of the molecule is CC.CNc1ccc2cc(C)[nH]c2c1. The van der Waals surface area contributed by atoms with E-state index in [1.807, 2.05) is 20.9 Å². The summed E-state index contributed by atoms with van der Waals surface area (Å²) in [5.74, 6) is 0. The van der Waals surface area contributed by atoms with E-state index in [4.69, 9.17) is 0 Å². The van der Waals surface area contributed by atoms with Crippen LogP contribution in [0.25, 0.3) is 10.9 Å². The van der Waals surface area contributed by atoms with Gasteiger partial charge in [-0.15, -0.1) is 0 Å². The van der Waals surface area contributed by atoms with Crippen molar-refractivity contribution < 1.29 is 0 Å². The molecular formula is C12H18N2. The summed E-state index contributed by atoms with van der Waals surface area (Å²) in [6.45, 7) is 6.07. The smallest absolute Gasteiger partial charge is 0.0476 e. The Balaban J connectivity index is 0.000000461. The lowest BCUT2D eigenvalue weighted by Crippen LogP contribution is -1.85. The highest BCUT2D eigenvalue weighted by Crippen LogP contribution is 2.18. The molecule has 1 aromatic heterocycles.